The number of fused-ring (bicyclic) bond motifs is 7. The summed E-state index contributed by atoms with van der Waals surface area (Å²) in [6, 6.07) is 86.9. The lowest BCUT2D eigenvalue weighted by Crippen LogP contribution is -2.61. The van der Waals surface area contributed by atoms with E-state index in [9.17, 15) is 8.00 Å². The van der Waals surface area contributed by atoms with E-state index in [1.54, 1.807) is 0 Å². The number of aromatic nitrogens is 1. The molecule has 0 saturated heterocycles. The molecule has 12 aromatic carbocycles. The summed E-state index contributed by atoms with van der Waals surface area (Å²) in [6.45, 7) is 13.1. The minimum atomic E-state index is -0.455. The van der Waals surface area contributed by atoms with Crippen LogP contribution in [0.25, 0.3) is 83.1 Å². The van der Waals surface area contributed by atoms with Gasteiger partial charge in [0.2, 0.25) is 0 Å². The van der Waals surface area contributed by atoms with Crippen LogP contribution < -0.4 is 26.2 Å². The quantitative estimate of drug-likeness (QED) is 0.142. The van der Waals surface area contributed by atoms with Crippen molar-refractivity contribution in [3.05, 3.63) is 290 Å². The van der Waals surface area contributed by atoms with Crippen LogP contribution in [0.4, 0.5) is 34.1 Å². The highest BCUT2D eigenvalue weighted by Crippen LogP contribution is 2.50. The van der Waals surface area contributed by atoms with E-state index in [0.717, 1.165) is 117 Å². The summed E-state index contributed by atoms with van der Waals surface area (Å²) in [7, 11) is 0. The summed E-state index contributed by atoms with van der Waals surface area (Å²) in [4.78, 5) is 4.70. The molecule has 3 heterocycles. The first kappa shape index (κ1) is 47.0. The van der Waals surface area contributed by atoms with Gasteiger partial charge in [0.1, 0.15) is 11.6 Å². The van der Waals surface area contributed by atoms with E-state index >= 15 is 0 Å². The molecule has 0 radical (unpaired) electrons. The predicted octanol–water partition coefficient (Wildman–Crippen LogP) is 19.7. The van der Waals surface area contributed by atoms with Crippen LogP contribution in [-0.4, -0.2) is 11.3 Å². The summed E-state index contributed by atoms with van der Waals surface area (Å²) < 4.78 is 47.5. The molecule has 4 nitrogen and oxygen atoms in total. The van der Waals surface area contributed by atoms with Gasteiger partial charge in [0.05, 0.1) is 29.3 Å². The average Bonchev–Trinajstić information content (AvgIpc) is 0.905. The third-order valence-corrected chi connectivity index (χ3v) is 17.6. The van der Waals surface area contributed by atoms with Gasteiger partial charge in [-0.3, -0.25) is 0 Å². The van der Waals surface area contributed by atoms with Gasteiger partial charge in [-0.25, -0.2) is 0 Å². The molecule has 0 aliphatic carbocycles. The fourth-order valence-corrected chi connectivity index (χ4v) is 13.4. The molecule has 2 aliphatic rings. The Balaban J connectivity index is 1.07. The van der Waals surface area contributed by atoms with Gasteiger partial charge in [0.15, 0.2) is 0 Å². The summed E-state index contributed by atoms with van der Waals surface area (Å²) in [5.74, 6) is 0. The zero-order chi connectivity index (χ0) is 62.8. The lowest BCUT2D eigenvalue weighted by Gasteiger charge is -2.45. The fourth-order valence-electron chi connectivity index (χ4n) is 13.4. The van der Waals surface area contributed by atoms with Gasteiger partial charge >= 0.3 is 0 Å². The molecule has 0 saturated carbocycles. The zero-order valence-electron chi connectivity index (χ0n) is 54.0. The SMILES string of the molecule is [2H]c1c([2H])c([2H])c(-c2ccc3c(c2)N(c2cccc(-n4c5ccccc5c5c(-c6ccccc6)cccc54)c2C#N)c2cc(C(C)(C)C)cc4c2B3c2cc(-c3cccc(C(C)(C)C)c3)ccc2N4c2cc(-c3ccccc3)cc(-c3ccccc3)c2)c([2H])c1[2H]. The Morgan fingerprint density at radius 1 is 0.384 bits per heavy atom. The monoisotopic (exact) mass is 1110 g/mol. The number of nitriles is 1. The summed E-state index contributed by atoms with van der Waals surface area (Å²) in [6.07, 6.45) is 0. The molecule has 0 amide bonds. The highest BCUT2D eigenvalue weighted by atomic mass is 15.2. The number of hydrogen-bond acceptors (Lipinski definition) is 3. The van der Waals surface area contributed by atoms with Gasteiger partial charge in [-0.1, -0.05) is 248 Å². The van der Waals surface area contributed by atoms with Crippen LogP contribution >= 0.6 is 0 Å². The van der Waals surface area contributed by atoms with E-state index in [-0.39, 0.29) is 23.1 Å². The summed E-state index contributed by atoms with van der Waals surface area (Å²) in [5, 5.41) is 14.3. The molecule has 86 heavy (non-hydrogen) atoms. The third kappa shape index (κ3) is 8.75. The second kappa shape index (κ2) is 20.4. The largest absolute Gasteiger partial charge is 0.311 e. The topological polar surface area (TPSA) is 35.2 Å². The van der Waals surface area contributed by atoms with Gasteiger partial charge in [0.25, 0.3) is 6.71 Å². The van der Waals surface area contributed by atoms with Crippen molar-refractivity contribution in [3.8, 4) is 67.4 Å². The van der Waals surface area contributed by atoms with E-state index < -0.39 is 30.3 Å². The molecule has 1 aromatic heterocycles. The Labute approximate surface area is 512 Å². The first-order valence-corrected chi connectivity index (χ1v) is 29.6. The first-order chi connectivity index (χ1) is 44.0. The maximum absolute atomic E-state index is 12.2. The zero-order valence-corrected chi connectivity index (χ0v) is 49.0. The molecule has 0 bridgehead atoms. The molecule has 2 aliphatic heterocycles. The lowest BCUT2D eigenvalue weighted by atomic mass is 9.33. The maximum Gasteiger partial charge on any atom is 0.252 e. The third-order valence-electron chi connectivity index (χ3n) is 17.6. The Kier molecular flexibility index (Phi) is 11.2. The molecule has 0 atom stereocenters. The first-order valence-electron chi connectivity index (χ1n) is 32.1. The second-order valence-corrected chi connectivity index (χ2v) is 24.9. The van der Waals surface area contributed by atoms with Crippen molar-refractivity contribution in [1.82, 2.24) is 4.57 Å². The van der Waals surface area contributed by atoms with Gasteiger partial charge < -0.3 is 14.4 Å². The number of anilines is 6. The molecule has 13 aromatic rings. The van der Waals surface area contributed by atoms with E-state index in [0.29, 0.717) is 22.5 Å². The lowest BCUT2D eigenvalue weighted by molar-refractivity contribution is 0.590. The molecular weight excluding hydrogens is 1040 g/mol. The number of rotatable bonds is 8. The van der Waals surface area contributed by atoms with Gasteiger partial charge in [-0.15, -0.1) is 0 Å². The highest BCUT2D eigenvalue weighted by molar-refractivity contribution is 7.00. The van der Waals surface area contributed by atoms with Crippen LogP contribution in [0.2, 0.25) is 0 Å². The molecule has 0 N–H and O–H groups in total. The molecule has 0 spiro atoms. The fraction of sp³-hybridized carbons (Fsp3) is 0.0988. The van der Waals surface area contributed by atoms with Crippen molar-refractivity contribution in [3.63, 3.8) is 0 Å². The van der Waals surface area contributed by atoms with Crippen molar-refractivity contribution in [2.45, 2.75) is 52.4 Å². The molecule has 0 unspecified atom stereocenters. The standard InChI is InChI=1S/C81H63BN4/c1-80(2,3)62-33-21-32-57(45-62)58-41-43-73-69(48-58)82-68-42-40-59(53-24-11-7-12-25-53)49-75(68)86(72-38-23-37-71(67(72)52-83)85-70-36-20-19-34-66(70)78-65(35-22-39-74(78)85)56-30-17-10-18-31-56)77-51-63(81(4,5)6)50-76(79(77)82)84(73)64-46-60(54-26-13-8-14-27-54)44-61(47-64)55-28-15-9-16-29-55/h7-51H,1-6H3/i7D,11D,12D,24D,25D. The molecule has 15 rings (SSSR count). The minimum absolute atomic E-state index is 0.0983. The number of hydrogen-bond donors (Lipinski definition) is 0. The normalized spacial score (nSPS) is 13.5. The van der Waals surface area contributed by atoms with Gasteiger partial charge in [-0.05, 0) is 161 Å². The Morgan fingerprint density at radius 3 is 1.64 bits per heavy atom. The Hall–Kier alpha value is -10.4. The number of benzene rings is 12. The van der Waals surface area contributed by atoms with Gasteiger partial charge in [0, 0.05) is 39.2 Å². The van der Waals surface area contributed by atoms with E-state index in [4.69, 9.17) is 4.11 Å². The number of para-hydroxylation sites is 1. The molecule has 5 heteroatoms. The van der Waals surface area contributed by atoms with Crippen molar-refractivity contribution < 1.29 is 6.85 Å². The van der Waals surface area contributed by atoms with Crippen molar-refractivity contribution in [2.24, 2.45) is 0 Å². The summed E-state index contributed by atoms with van der Waals surface area (Å²) >= 11 is 0. The average molecular weight is 1110 g/mol. The van der Waals surface area contributed by atoms with Gasteiger partial charge in [-0.2, -0.15) is 5.26 Å². The molecule has 410 valence electrons. The smallest absolute Gasteiger partial charge is 0.252 e. The van der Waals surface area contributed by atoms with E-state index in [1.807, 2.05) is 36.4 Å². The second-order valence-electron chi connectivity index (χ2n) is 24.9. The van der Waals surface area contributed by atoms with Crippen LogP contribution in [0.5, 0.6) is 0 Å². The summed E-state index contributed by atoms with van der Waals surface area (Å²) in [5.41, 5.74) is 22.2. The van der Waals surface area contributed by atoms with Crippen molar-refractivity contribution in [1.29, 1.82) is 5.26 Å². The van der Waals surface area contributed by atoms with Crippen molar-refractivity contribution >= 4 is 79.0 Å². The van der Waals surface area contributed by atoms with Crippen LogP contribution in [0.3, 0.4) is 0 Å². The van der Waals surface area contributed by atoms with E-state index in [2.05, 4.69) is 268 Å². The Bertz CT molecular complexity index is 5090. The molecule has 0 fully saturated rings. The van der Waals surface area contributed by atoms with E-state index in [1.165, 1.54) is 5.56 Å². The van der Waals surface area contributed by atoms with Crippen LogP contribution in [0.1, 0.15) is 65.1 Å². The van der Waals surface area contributed by atoms with Crippen LogP contribution in [0, 0.1) is 11.3 Å². The number of nitrogens with zero attached hydrogens (tertiary/aromatic N) is 4. The predicted molar refractivity (Wildman–Crippen MR) is 364 cm³/mol. The minimum Gasteiger partial charge on any atom is -0.311 e. The van der Waals surface area contributed by atoms with Crippen LogP contribution in [-0.2, 0) is 10.8 Å². The highest BCUT2D eigenvalue weighted by Gasteiger charge is 2.45. The van der Waals surface area contributed by atoms with Crippen LogP contribution in [0.15, 0.2) is 273 Å². The Morgan fingerprint density at radius 2 is 0.953 bits per heavy atom. The maximum atomic E-state index is 12.2. The molecular formula is C81H63BN4. The van der Waals surface area contributed by atoms with Crippen molar-refractivity contribution in [2.75, 3.05) is 9.80 Å².